The molecule has 0 unspecified atom stereocenters. The van der Waals surface area contributed by atoms with Gasteiger partial charge in [-0.3, -0.25) is 9.89 Å². The van der Waals surface area contributed by atoms with Gasteiger partial charge < -0.3 is 10.2 Å². The summed E-state index contributed by atoms with van der Waals surface area (Å²) < 4.78 is 0. The zero-order valence-electron chi connectivity index (χ0n) is 12.7. The Labute approximate surface area is 130 Å². The molecule has 1 fully saturated rings. The lowest BCUT2D eigenvalue weighted by molar-refractivity contribution is 0.0941. The highest BCUT2D eigenvalue weighted by Crippen LogP contribution is 2.16. The number of nitrogens with one attached hydrogen (secondary N) is 2. The van der Waals surface area contributed by atoms with Crippen molar-refractivity contribution in [2.75, 3.05) is 26.2 Å². The van der Waals surface area contributed by atoms with E-state index < -0.39 is 0 Å². The Morgan fingerprint density at radius 1 is 1.18 bits per heavy atom. The van der Waals surface area contributed by atoms with E-state index in [1.165, 1.54) is 19.3 Å². The number of rotatable bonds is 5. The summed E-state index contributed by atoms with van der Waals surface area (Å²) in [5.41, 5.74) is 2.31. The highest BCUT2D eigenvalue weighted by atomic mass is 16.1. The minimum Gasteiger partial charge on any atom is -0.349 e. The van der Waals surface area contributed by atoms with E-state index in [1.54, 1.807) is 6.07 Å². The second-order valence-corrected chi connectivity index (χ2v) is 5.69. The zero-order valence-corrected chi connectivity index (χ0v) is 12.7. The van der Waals surface area contributed by atoms with E-state index in [0.717, 1.165) is 30.9 Å². The normalized spacial score (nSPS) is 15.6. The lowest BCUT2D eigenvalue weighted by atomic mass is 10.1. The van der Waals surface area contributed by atoms with Crippen molar-refractivity contribution < 1.29 is 4.79 Å². The van der Waals surface area contributed by atoms with Crippen LogP contribution in [0.2, 0.25) is 0 Å². The largest absolute Gasteiger partial charge is 0.349 e. The van der Waals surface area contributed by atoms with E-state index in [4.69, 9.17) is 0 Å². The molecule has 3 rings (SSSR count). The van der Waals surface area contributed by atoms with Crippen molar-refractivity contribution >= 4 is 5.91 Å². The molecule has 0 bridgehead atoms. The van der Waals surface area contributed by atoms with Crippen molar-refractivity contribution in [3.63, 3.8) is 0 Å². The minimum absolute atomic E-state index is 0.0910. The van der Waals surface area contributed by atoms with Crippen LogP contribution in [0.5, 0.6) is 0 Å². The zero-order chi connectivity index (χ0) is 15.2. The summed E-state index contributed by atoms with van der Waals surface area (Å²) in [6.45, 7) is 3.90. The van der Waals surface area contributed by atoms with Crippen molar-refractivity contribution in [3.8, 4) is 11.3 Å². The standard InChI is InChI=1S/C17H22N4O/c22-17(18-9-12-21-10-5-2-6-11-21)16-13-15(19-20-16)14-7-3-1-4-8-14/h1,3-4,7-8,13H,2,5-6,9-12H2,(H,18,22)(H,19,20). The number of hydrogen-bond donors (Lipinski definition) is 2. The summed E-state index contributed by atoms with van der Waals surface area (Å²) >= 11 is 0. The van der Waals surface area contributed by atoms with Crippen LogP contribution in [0, 0.1) is 0 Å². The van der Waals surface area contributed by atoms with E-state index in [-0.39, 0.29) is 5.91 Å². The van der Waals surface area contributed by atoms with Gasteiger partial charge in [-0.05, 0) is 32.0 Å². The molecule has 5 heteroatoms. The van der Waals surface area contributed by atoms with Gasteiger partial charge in [-0.2, -0.15) is 5.10 Å². The SMILES string of the molecule is O=C(NCCN1CCCCC1)c1cc(-c2ccccc2)n[nH]1. The van der Waals surface area contributed by atoms with E-state index in [1.807, 2.05) is 30.3 Å². The van der Waals surface area contributed by atoms with E-state index >= 15 is 0 Å². The van der Waals surface area contributed by atoms with Crippen LogP contribution < -0.4 is 5.32 Å². The number of nitrogens with zero attached hydrogens (tertiary/aromatic N) is 2. The van der Waals surface area contributed by atoms with Crippen LogP contribution in [-0.4, -0.2) is 47.2 Å². The summed E-state index contributed by atoms with van der Waals surface area (Å²) in [5.74, 6) is -0.0910. The van der Waals surface area contributed by atoms with Crippen LogP contribution in [0.1, 0.15) is 29.8 Å². The van der Waals surface area contributed by atoms with Gasteiger partial charge in [-0.15, -0.1) is 0 Å². The third kappa shape index (κ3) is 3.74. The van der Waals surface area contributed by atoms with Crippen molar-refractivity contribution in [2.45, 2.75) is 19.3 Å². The first-order valence-electron chi connectivity index (χ1n) is 7.94. The molecule has 116 valence electrons. The van der Waals surface area contributed by atoms with Crippen molar-refractivity contribution in [1.29, 1.82) is 0 Å². The van der Waals surface area contributed by atoms with Crippen LogP contribution in [-0.2, 0) is 0 Å². The molecule has 2 heterocycles. The fourth-order valence-corrected chi connectivity index (χ4v) is 2.80. The summed E-state index contributed by atoms with van der Waals surface area (Å²) in [6.07, 6.45) is 3.88. The van der Waals surface area contributed by atoms with Gasteiger partial charge in [0.1, 0.15) is 5.69 Å². The Kier molecular flexibility index (Phi) is 4.85. The summed E-state index contributed by atoms with van der Waals surface area (Å²) in [4.78, 5) is 14.5. The number of piperidine rings is 1. The second kappa shape index (κ2) is 7.22. The maximum absolute atomic E-state index is 12.1. The number of carbonyl (C=O) groups is 1. The second-order valence-electron chi connectivity index (χ2n) is 5.69. The maximum atomic E-state index is 12.1. The first-order chi connectivity index (χ1) is 10.8. The van der Waals surface area contributed by atoms with Crippen molar-refractivity contribution in [3.05, 3.63) is 42.1 Å². The number of carbonyl (C=O) groups excluding carboxylic acids is 1. The molecule has 1 aliphatic rings. The van der Waals surface area contributed by atoms with Gasteiger partial charge in [-0.25, -0.2) is 0 Å². The Morgan fingerprint density at radius 3 is 2.73 bits per heavy atom. The van der Waals surface area contributed by atoms with E-state index in [2.05, 4.69) is 20.4 Å². The quantitative estimate of drug-likeness (QED) is 0.890. The first-order valence-corrected chi connectivity index (χ1v) is 7.94. The van der Waals surface area contributed by atoms with Crippen molar-refractivity contribution in [2.24, 2.45) is 0 Å². The topological polar surface area (TPSA) is 61.0 Å². The molecular formula is C17H22N4O. The molecule has 1 amide bonds. The molecule has 1 aliphatic heterocycles. The lowest BCUT2D eigenvalue weighted by Crippen LogP contribution is -2.37. The molecule has 0 saturated carbocycles. The smallest absolute Gasteiger partial charge is 0.269 e. The summed E-state index contributed by atoms with van der Waals surface area (Å²) in [5, 5.41) is 9.99. The van der Waals surface area contributed by atoms with Crippen LogP contribution in [0.15, 0.2) is 36.4 Å². The number of benzene rings is 1. The van der Waals surface area contributed by atoms with Gasteiger partial charge in [-0.1, -0.05) is 36.8 Å². The molecule has 0 spiro atoms. The maximum Gasteiger partial charge on any atom is 0.269 e. The first kappa shape index (κ1) is 14.8. The Hall–Kier alpha value is -2.14. The van der Waals surface area contributed by atoms with E-state index in [9.17, 15) is 4.79 Å². The highest BCUT2D eigenvalue weighted by Gasteiger charge is 2.12. The minimum atomic E-state index is -0.0910. The summed E-state index contributed by atoms with van der Waals surface area (Å²) in [7, 11) is 0. The van der Waals surface area contributed by atoms with Gasteiger partial charge in [0.25, 0.3) is 5.91 Å². The van der Waals surface area contributed by atoms with Gasteiger partial charge in [0, 0.05) is 18.7 Å². The third-order valence-corrected chi connectivity index (χ3v) is 4.05. The fourth-order valence-electron chi connectivity index (χ4n) is 2.80. The van der Waals surface area contributed by atoms with Crippen LogP contribution in [0.3, 0.4) is 0 Å². The predicted octanol–water partition coefficient (Wildman–Crippen LogP) is 2.29. The predicted molar refractivity (Wildman–Crippen MR) is 86.6 cm³/mol. The molecule has 0 aliphatic carbocycles. The van der Waals surface area contributed by atoms with E-state index in [0.29, 0.717) is 12.2 Å². The molecule has 1 aromatic heterocycles. The molecule has 5 nitrogen and oxygen atoms in total. The van der Waals surface area contributed by atoms with Crippen molar-refractivity contribution in [1.82, 2.24) is 20.4 Å². The van der Waals surface area contributed by atoms with Gasteiger partial charge >= 0.3 is 0 Å². The average molecular weight is 298 g/mol. The van der Waals surface area contributed by atoms with Crippen LogP contribution in [0.4, 0.5) is 0 Å². The van der Waals surface area contributed by atoms with Crippen LogP contribution >= 0.6 is 0 Å². The number of aromatic nitrogens is 2. The van der Waals surface area contributed by atoms with Gasteiger partial charge in [0.15, 0.2) is 0 Å². The molecule has 22 heavy (non-hydrogen) atoms. The summed E-state index contributed by atoms with van der Waals surface area (Å²) in [6, 6.07) is 11.6. The van der Waals surface area contributed by atoms with Gasteiger partial charge in [0.05, 0.1) is 5.69 Å². The molecule has 2 aromatic rings. The number of likely N-dealkylation sites (tertiary alicyclic amines) is 1. The molecule has 1 saturated heterocycles. The Balaban J connectivity index is 1.51. The van der Waals surface area contributed by atoms with Crippen LogP contribution in [0.25, 0.3) is 11.3 Å². The van der Waals surface area contributed by atoms with Gasteiger partial charge in [0.2, 0.25) is 0 Å². The Bertz CT molecular complexity index is 602. The Morgan fingerprint density at radius 2 is 1.95 bits per heavy atom. The number of amides is 1. The number of H-pyrrole nitrogens is 1. The third-order valence-electron chi connectivity index (χ3n) is 4.05. The molecule has 0 atom stereocenters. The molecule has 2 N–H and O–H groups in total. The fraction of sp³-hybridized carbons (Fsp3) is 0.412. The monoisotopic (exact) mass is 298 g/mol. The molecule has 1 aromatic carbocycles. The highest BCUT2D eigenvalue weighted by molar-refractivity contribution is 5.93. The lowest BCUT2D eigenvalue weighted by Gasteiger charge is -2.26. The molecule has 0 radical (unpaired) electrons. The molecular weight excluding hydrogens is 276 g/mol. The number of aromatic amines is 1. The number of hydrogen-bond acceptors (Lipinski definition) is 3. The average Bonchev–Trinajstić information content (AvgIpc) is 3.07.